The SMILES string of the molecule is CCC(C)c1cc(C)c(-c2cccc[n+]2C)cc1C.CCC(CC)c1cc(C)c(-c2cccc[n+]2C)cc1C.Cc1cc(-c2cccc[n+]2C)c(C)cc1CC(C)(C)C.Cc1cc(C(C)(C)C)c(C)cc1-c1cccc[n+]1C. The molecule has 8 rings (SSSR count). The Morgan fingerprint density at radius 3 is 1.05 bits per heavy atom. The summed E-state index contributed by atoms with van der Waals surface area (Å²) in [6, 6.07) is 44.3. The lowest BCUT2D eigenvalue weighted by molar-refractivity contribution is -0.660. The first-order chi connectivity index (χ1) is 36.7. The van der Waals surface area contributed by atoms with E-state index in [9.17, 15) is 0 Å². The van der Waals surface area contributed by atoms with Crippen molar-refractivity contribution in [1.82, 2.24) is 0 Å². The molecule has 8 aromatic rings. The lowest BCUT2D eigenvalue weighted by Gasteiger charge is -2.23. The highest BCUT2D eigenvalue weighted by Gasteiger charge is 2.22. The Morgan fingerprint density at radius 2 is 0.705 bits per heavy atom. The Hall–Kier alpha value is -6.52. The van der Waals surface area contributed by atoms with Gasteiger partial charge in [0.25, 0.3) is 0 Å². The molecule has 0 spiro atoms. The standard InChI is InChI=1S/2C19H26N.2C18H24N/c1-14-12-17(18-9-7-8-10-20(18)6)15(2)11-16(14)13-19(3,4)5;1-6-16(7-2)17-12-15(4)18(13-14(17)3)19-10-8-9-11-20(19)5;1-13-12-16(18(3,4)5)14(2)11-15(13)17-9-7-8-10-19(17)6;1-6-13(2)16-11-15(4)17(12-14(16)3)18-9-7-8-10-19(18)5/h7-12H,13H2,1-6H3;8-13,16H,6-7H2,1-5H3;7-12H,1-6H3;7-13H,6H2,1-5H3/q4*+1. The maximum Gasteiger partial charge on any atom is 0.212 e. The zero-order valence-electron chi connectivity index (χ0n) is 52.6. The quantitative estimate of drug-likeness (QED) is 0.121. The molecule has 412 valence electrons. The van der Waals surface area contributed by atoms with Gasteiger partial charge in [0, 0.05) is 70.8 Å². The second kappa shape index (κ2) is 27.4. The summed E-state index contributed by atoms with van der Waals surface area (Å²) in [5.41, 5.74) is 27.9. The molecule has 0 radical (unpaired) electrons. The smallest absolute Gasteiger partial charge is 0.201 e. The Morgan fingerprint density at radius 1 is 0.372 bits per heavy atom. The molecule has 4 aromatic heterocycles. The largest absolute Gasteiger partial charge is 0.212 e. The van der Waals surface area contributed by atoms with E-state index in [0.717, 1.165) is 6.42 Å². The Kier molecular flexibility index (Phi) is 21.9. The molecule has 1 atom stereocenters. The molecular formula is C74H100N4+4. The van der Waals surface area contributed by atoms with Gasteiger partial charge in [0.15, 0.2) is 24.8 Å². The number of aromatic nitrogens is 4. The van der Waals surface area contributed by atoms with Crippen molar-refractivity contribution in [1.29, 1.82) is 0 Å². The van der Waals surface area contributed by atoms with E-state index < -0.39 is 0 Å². The van der Waals surface area contributed by atoms with Crippen LogP contribution in [-0.4, -0.2) is 0 Å². The van der Waals surface area contributed by atoms with Crippen LogP contribution in [0.2, 0.25) is 0 Å². The molecule has 0 bridgehead atoms. The average Bonchev–Trinajstić information content (AvgIpc) is 3.39. The summed E-state index contributed by atoms with van der Waals surface area (Å²) in [7, 11) is 8.42. The van der Waals surface area contributed by atoms with Crippen molar-refractivity contribution in [3.63, 3.8) is 0 Å². The summed E-state index contributed by atoms with van der Waals surface area (Å²) < 4.78 is 8.74. The summed E-state index contributed by atoms with van der Waals surface area (Å²) in [5, 5.41) is 0. The second-order valence-corrected chi connectivity index (χ2v) is 24.7. The Labute approximate surface area is 475 Å². The molecule has 0 aliphatic carbocycles. The van der Waals surface area contributed by atoms with Crippen LogP contribution in [0.1, 0.15) is 167 Å². The first kappa shape index (κ1) is 62.3. The van der Waals surface area contributed by atoms with Crippen LogP contribution in [0.5, 0.6) is 0 Å². The van der Waals surface area contributed by atoms with Crippen LogP contribution in [0.15, 0.2) is 146 Å². The van der Waals surface area contributed by atoms with E-state index in [2.05, 4.69) is 317 Å². The molecule has 4 aromatic carbocycles. The molecule has 0 aliphatic heterocycles. The van der Waals surface area contributed by atoms with E-state index in [1.807, 2.05) is 0 Å². The zero-order chi connectivity index (χ0) is 57.8. The van der Waals surface area contributed by atoms with Crippen LogP contribution in [0.25, 0.3) is 45.0 Å². The monoisotopic (exact) mass is 1040 g/mol. The van der Waals surface area contributed by atoms with Crippen LogP contribution >= 0.6 is 0 Å². The van der Waals surface area contributed by atoms with E-state index >= 15 is 0 Å². The lowest BCUT2D eigenvalue weighted by Crippen LogP contribution is -2.30. The van der Waals surface area contributed by atoms with Crippen LogP contribution in [0.3, 0.4) is 0 Å². The van der Waals surface area contributed by atoms with Gasteiger partial charge < -0.3 is 0 Å². The van der Waals surface area contributed by atoms with Crippen LogP contribution in [-0.2, 0) is 40.0 Å². The second-order valence-electron chi connectivity index (χ2n) is 24.7. The Bertz CT molecular complexity index is 3280. The molecule has 4 nitrogen and oxygen atoms in total. The third-order valence-corrected chi connectivity index (χ3v) is 15.9. The van der Waals surface area contributed by atoms with E-state index in [1.54, 1.807) is 0 Å². The van der Waals surface area contributed by atoms with Crippen molar-refractivity contribution in [3.05, 3.63) is 213 Å². The minimum atomic E-state index is 0.201. The maximum atomic E-state index is 2.40. The minimum Gasteiger partial charge on any atom is -0.201 e. The summed E-state index contributed by atoms with van der Waals surface area (Å²) >= 11 is 0. The minimum absolute atomic E-state index is 0.201. The number of nitrogens with zero attached hydrogens (tertiary/aromatic N) is 4. The van der Waals surface area contributed by atoms with Gasteiger partial charge in [-0.25, -0.2) is 18.3 Å². The van der Waals surface area contributed by atoms with E-state index in [4.69, 9.17) is 0 Å². The van der Waals surface area contributed by atoms with Crippen LogP contribution in [0, 0.1) is 60.8 Å². The van der Waals surface area contributed by atoms with Gasteiger partial charge in [-0.15, -0.1) is 0 Å². The van der Waals surface area contributed by atoms with Gasteiger partial charge in [0.2, 0.25) is 22.8 Å². The molecule has 4 heteroatoms. The molecule has 0 N–H and O–H groups in total. The summed E-state index contributed by atoms with van der Waals surface area (Å²) in [6.45, 7) is 40.6. The summed E-state index contributed by atoms with van der Waals surface area (Å²) in [6.07, 6.45) is 13.2. The number of hydrogen-bond acceptors (Lipinski definition) is 0. The number of rotatable bonds is 10. The number of benzene rings is 4. The molecule has 0 saturated heterocycles. The first-order valence-corrected chi connectivity index (χ1v) is 28.9. The highest BCUT2D eigenvalue weighted by Crippen LogP contribution is 2.34. The molecule has 0 fully saturated rings. The van der Waals surface area contributed by atoms with Crippen molar-refractivity contribution in [2.75, 3.05) is 0 Å². The number of pyridine rings is 4. The maximum absolute atomic E-state index is 2.40. The van der Waals surface area contributed by atoms with Gasteiger partial charge in [-0.05, 0) is 219 Å². The molecular weight excluding hydrogens is 945 g/mol. The van der Waals surface area contributed by atoms with E-state index in [-0.39, 0.29) is 5.41 Å². The average molecular weight is 1050 g/mol. The highest BCUT2D eigenvalue weighted by molar-refractivity contribution is 5.66. The zero-order valence-corrected chi connectivity index (χ0v) is 52.6. The van der Waals surface area contributed by atoms with Gasteiger partial charge in [-0.3, -0.25) is 0 Å². The Balaban J connectivity index is 0.000000192. The number of hydrogen-bond donors (Lipinski definition) is 0. The van der Waals surface area contributed by atoms with Gasteiger partial charge in [0.1, 0.15) is 28.2 Å². The van der Waals surface area contributed by atoms with Gasteiger partial charge in [-0.2, -0.15) is 0 Å². The predicted molar refractivity (Wildman–Crippen MR) is 334 cm³/mol. The van der Waals surface area contributed by atoms with E-state index in [0.29, 0.717) is 17.3 Å². The van der Waals surface area contributed by atoms with Crippen molar-refractivity contribution < 1.29 is 18.3 Å². The van der Waals surface area contributed by atoms with E-state index in [1.165, 1.54) is 131 Å². The molecule has 1 unspecified atom stereocenters. The van der Waals surface area contributed by atoms with Crippen molar-refractivity contribution in [3.8, 4) is 45.0 Å². The van der Waals surface area contributed by atoms with Gasteiger partial charge >= 0.3 is 0 Å². The topological polar surface area (TPSA) is 15.5 Å². The fourth-order valence-electron chi connectivity index (χ4n) is 11.2. The molecule has 0 saturated carbocycles. The normalized spacial score (nSPS) is 11.7. The lowest BCUT2D eigenvalue weighted by atomic mass is 9.82. The van der Waals surface area contributed by atoms with Crippen LogP contribution in [0.4, 0.5) is 0 Å². The molecule has 0 amide bonds. The fraction of sp³-hybridized carbons (Fsp3) is 0.405. The molecule has 78 heavy (non-hydrogen) atoms. The predicted octanol–water partition coefficient (Wildman–Crippen LogP) is 17.5. The first-order valence-electron chi connectivity index (χ1n) is 28.9. The number of aryl methyl sites for hydroxylation is 12. The van der Waals surface area contributed by atoms with Crippen molar-refractivity contribution in [2.45, 2.75) is 168 Å². The third kappa shape index (κ3) is 16.1. The van der Waals surface area contributed by atoms with Gasteiger partial charge in [-0.1, -0.05) is 93.5 Å². The van der Waals surface area contributed by atoms with Crippen LogP contribution < -0.4 is 18.3 Å². The highest BCUT2D eigenvalue weighted by atomic mass is 14.9. The molecule has 0 aliphatic rings. The van der Waals surface area contributed by atoms with Gasteiger partial charge in [0.05, 0.1) is 0 Å². The summed E-state index contributed by atoms with van der Waals surface area (Å²) in [5.74, 6) is 1.32. The van der Waals surface area contributed by atoms with Crippen molar-refractivity contribution >= 4 is 0 Å². The third-order valence-electron chi connectivity index (χ3n) is 15.9. The fourth-order valence-corrected chi connectivity index (χ4v) is 11.2. The summed E-state index contributed by atoms with van der Waals surface area (Å²) in [4.78, 5) is 0. The van der Waals surface area contributed by atoms with Crippen molar-refractivity contribution in [2.24, 2.45) is 33.6 Å². The molecule has 4 heterocycles.